The standard InChI is InChI=1S/C17H34O4Si/c1-13(2)17(18)20-11-9-19-10-12-21-22(14(3)4,15(5)6)16(7)8/h14-16H,1,9-12H2,2-8H3. The van der Waals surface area contributed by atoms with Crippen LogP contribution < -0.4 is 0 Å². The van der Waals surface area contributed by atoms with Gasteiger partial charge < -0.3 is 13.9 Å². The summed E-state index contributed by atoms with van der Waals surface area (Å²) in [7, 11) is -1.81. The molecule has 0 amide bonds. The van der Waals surface area contributed by atoms with Gasteiger partial charge in [0.1, 0.15) is 6.61 Å². The fourth-order valence-corrected chi connectivity index (χ4v) is 8.63. The average Bonchev–Trinajstić information content (AvgIpc) is 2.40. The van der Waals surface area contributed by atoms with E-state index in [1.165, 1.54) is 0 Å². The Morgan fingerprint density at radius 2 is 1.36 bits per heavy atom. The number of hydrogen-bond acceptors (Lipinski definition) is 4. The maximum absolute atomic E-state index is 11.2. The monoisotopic (exact) mass is 330 g/mol. The third kappa shape index (κ3) is 6.22. The van der Waals surface area contributed by atoms with Gasteiger partial charge >= 0.3 is 5.97 Å². The lowest BCUT2D eigenvalue weighted by atomic mass is 10.4. The lowest BCUT2D eigenvalue weighted by Gasteiger charge is -2.42. The number of hydrogen-bond donors (Lipinski definition) is 0. The predicted molar refractivity (Wildman–Crippen MR) is 93.6 cm³/mol. The maximum Gasteiger partial charge on any atom is 0.333 e. The van der Waals surface area contributed by atoms with Crippen LogP contribution in [0.15, 0.2) is 12.2 Å². The topological polar surface area (TPSA) is 44.8 Å². The maximum atomic E-state index is 11.2. The summed E-state index contributed by atoms with van der Waals surface area (Å²) in [6.07, 6.45) is 0. The lowest BCUT2D eigenvalue weighted by molar-refractivity contribution is -0.140. The normalized spacial score (nSPS) is 12.3. The van der Waals surface area contributed by atoms with Crippen molar-refractivity contribution in [3.63, 3.8) is 0 Å². The summed E-state index contributed by atoms with van der Waals surface area (Å²) < 4.78 is 16.8. The molecule has 0 radical (unpaired) electrons. The highest BCUT2D eigenvalue weighted by molar-refractivity contribution is 6.77. The van der Waals surface area contributed by atoms with Crippen molar-refractivity contribution in [3.8, 4) is 0 Å². The zero-order chi connectivity index (χ0) is 17.3. The van der Waals surface area contributed by atoms with E-state index in [4.69, 9.17) is 13.9 Å². The molecule has 0 unspecified atom stereocenters. The summed E-state index contributed by atoms with van der Waals surface area (Å²) in [6.45, 7) is 20.6. The first kappa shape index (κ1) is 21.3. The molecule has 0 aromatic rings. The van der Waals surface area contributed by atoms with E-state index < -0.39 is 8.32 Å². The number of carbonyl (C=O) groups excluding carboxylic acids is 1. The van der Waals surface area contributed by atoms with Gasteiger partial charge in [-0.1, -0.05) is 48.1 Å². The molecule has 0 aliphatic carbocycles. The highest BCUT2D eigenvalue weighted by atomic mass is 28.4. The van der Waals surface area contributed by atoms with Gasteiger partial charge in [-0.3, -0.25) is 0 Å². The van der Waals surface area contributed by atoms with Crippen molar-refractivity contribution < 1.29 is 18.7 Å². The zero-order valence-electron chi connectivity index (χ0n) is 15.4. The molecule has 0 bridgehead atoms. The number of carbonyl (C=O) groups is 1. The minimum Gasteiger partial charge on any atom is -0.460 e. The Morgan fingerprint density at radius 1 is 0.909 bits per heavy atom. The third-order valence-corrected chi connectivity index (χ3v) is 10.2. The molecule has 0 aromatic carbocycles. The zero-order valence-corrected chi connectivity index (χ0v) is 16.4. The SMILES string of the molecule is C=C(C)C(=O)OCCOCCO[Si](C(C)C)(C(C)C)C(C)C. The van der Waals surface area contributed by atoms with E-state index in [2.05, 4.69) is 48.1 Å². The van der Waals surface area contributed by atoms with E-state index in [9.17, 15) is 4.79 Å². The van der Waals surface area contributed by atoms with Crippen LogP contribution in [0.25, 0.3) is 0 Å². The number of ether oxygens (including phenoxy) is 2. The van der Waals surface area contributed by atoms with Gasteiger partial charge in [-0.15, -0.1) is 0 Å². The summed E-state index contributed by atoms with van der Waals surface area (Å²) in [4.78, 5) is 11.2. The van der Waals surface area contributed by atoms with Crippen LogP contribution in [0, 0.1) is 0 Å². The Labute approximate surface area is 137 Å². The molecular formula is C17H34O4Si. The second-order valence-electron chi connectivity index (χ2n) is 6.69. The second kappa shape index (κ2) is 10.2. The Morgan fingerprint density at radius 3 is 1.77 bits per heavy atom. The van der Waals surface area contributed by atoms with Crippen LogP contribution in [0.2, 0.25) is 16.6 Å². The van der Waals surface area contributed by atoms with Crippen LogP contribution in [-0.4, -0.2) is 40.7 Å². The highest BCUT2D eigenvalue weighted by Crippen LogP contribution is 2.42. The van der Waals surface area contributed by atoms with E-state index in [0.29, 0.717) is 42.0 Å². The molecule has 130 valence electrons. The van der Waals surface area contributed by atoms with Crippen molar-refractivity contribution in [2.75, 3.05) is 26.4 Å². The predicted octanol–water partition coefficient (Wildman–Crippen LogP) is 4.31. The summed E-state index contributed by atoms with van der Waals surface area (Å²) in [5.74, 6) is -0.370. The molecule has 22 heavy (non-hydrogen) atoms. The van der Waals surface area contributed by atoms with Crippen molar-refractivity contribution >= 4 is 14.3 Å². The van der Waals surface area contributed by atoms with Gasteiger partial charge in [-0.05, 0) is 23.5 Å². The molecule has 0 saturated carbocycles. The lowest BCUT2D eigenvalue weighted by Crippen LogP contribution is -2.48. The Kier molecular flexibility index (Phi) is 9.88. The van der Waals surface area contributed by atoms with Crippen molar-refractivity contribution in [2.45, 2.75) is 65.1 Å². The molecule has 0 heterocycles. The average molecular weight is 331 g/mol. The molecule has 5 heteroatoms. The Bertz CT molecular complexity index is 329. The molecule has 0 aromatic heterocycles. The van der Waals surface area contributed by atoms with Crippen molar-refractivity contribution in [1.82, 2.24) is 0 Å². The molecule has 0 atom stereocenters. The largest absolute Gasteiger partial charge is 0.460 e. The molecule has 0 aliphatic heterocycles. The first-order valence-electron chi connectivity index (χ1n) is 8.20. The molecule has 0 N–H and O–H groups in total. The van der Waals surface area contributed by atoms with E-state index >= 15 is 0 Å². The van der Waals surface area contributed by atoms with Crippen LogP contribution in [-0.2, 0) is 18.7 Å². The Hall–Kier alpha value is -0.653. The van der Waals surface area contributed by atoms with Crippen LogP contribution in [0.1, 0.15) is 48.5 Å². The number of rotatable bonds is 11. The minimum absolute atomic E-state index is 0.257. The van der Waals surface area contributed by atoms with Gasteiger partial charge in [-0.2, -0.15) is 0 Å². The quantitative estimate of drug-likeness (QED) is 0.245. The van der Waals surface area contributed by atoms with Crippen LogP contribution >= 0.6 is 0 Å². The van der Waals surface area contributed by atoms with E-state index in [1.54, 1.807) is 6.92 Å². The molecule has 4 nitrogen and oxygen atoms in total. The van der Waals surface area contributed by atoms with Crippen LogP contribution in [0.5, 0.6) is 0 Å². The first-order chi connectivity index (χ1) is 10.2. The summed E-state index contributed by atoms with van der Waals surface area (Å²) in [6, 6.07) is 0. The molecule has 0 aliphatic rings. The fourth-order valence-electron chi connectivity index (χ4n) is 3.20. The van der Waals surface area contributed by atoms with E-state index in [1.807, 2.05) is 0 Å². The smallest absolute Gasteiger partial charge is 0.333 e. The molecule has 0 rings (SSSR count). The van der Waals surface area contributed by atoms with Gasteiger partial charge in [0, 0.05) is 5.57 Å². The van der Waals surface area contributed by atoms with Gasteiger partial charge in [-0.25, -0.2) is 4.79 Å². The molecule has 0 fully saturated rings. The van der Waals surface area contributed by atoms with Crippen molar-refractivity contribution in [1.29, 1.82) is 0 Å². The summed E-state index contributed by atoms with van der Waals surface area (Å²) in [5.41, 5.74) is 2.13. The van der Waals surface area contributed by atoms with Gasteiger partial charge in [0.05, 0.1) is 19.8 Å². The van der Waals surface area contributed by atoms with Crippen molar-refractivity contribution in [3.05, 3.63) is 12.2 Å². The van der Waals surface area contributed by atoms with E-state index in [0.717, 1.165) is 0 Å². The highest BCUT2D eigenvalue weighted by Gasteiger charge is 2.44. The van der Waals surface area contributed by atoms with Gasteiger partial charge in [0.2, 0.25) is 0 Å². The third-order valence-electron chi connectivity index (χ3n) is 4.10. The molecule has 0 spiro atoms. The summed E-state index contributed by atoms with van der Waals surface area (Å²) >= 11 is 0. The molecule has 0 saturated heterocycles. The molecular weight excluding hydrogens is 296 g/mol. The Balaban J connectivity index is 4.11. The minimum atomic E-state index is -1.81. The van der Waals surface area contributed by atoms with E-state index in [-0.39, 0.29) is 12.6 Å². The first-order valence-corrected chi connectivity index (χ1v) is 10.3. The van der Waals surface area contributed by atoms with Gasteiger partial charge in [0.15, 0.2) is 8.32 Å². The van der Waals surface area contributed by atoms with Crippen LogP contribution in [0.3, 0.4) is 0 Å². The second-order valence-corrected chi connectivity index (χ2v) is 12.2. The fraction of sp³-hybridized carbons (Fsp3) is 0.824. The van der Waals surface area contributed by atoms with Crippen molar-refractivity contribution in [2.24, 2.45) is 0 Å². The van der Waals surface area contributed by atoms with Crippen LogP contribution in [0.4, 0.5) is 0 Å². The van der Waals surface area contributed by atoms with Gasteiger partial charge in [0.25, 0.3) is 0 Å². The number of esters is 1. The summed E-state index contributed by atoms with van der Waals surface area (Å²) in [5, 5.41) is 0.